The van der Waals surface area contributed by atoms with Crippen molar-refractivity contribution in [2.24, 2.45) is 10.1 Å². The third kappa shape index (κ3) is 5.75. The molecule has 1 fully saturated rings. The molecule has 0 amide bonds. The topological polar surface area (TPSA) is 70.5 Å². The highest BCUT2D eigenvalue weighted by Crippen LogP contribution is 2.30. The largest absolute Gasteiger partial charge is 0.494 e. The number of rotatable bonds is 7. The number of ether oxygens (including phenoxy) is 2. The van der Waals surface area contributed by atoms with E-state index in [1.165, 1.54) is 0 Å². The summed E-state index contributed by atoms with van der Waals surface area (Å²) < 4.78 is 12.8. The Morgan fingerprint density at radius 1 is 1.36 bits per heavy atom. The van der Waals surface area contributed by atoms with E-state index < -0.39 is 0 Å². The van der Waals surface area contributed by atoms with Gasteiger partial charge in [-0.15, -0.1) is 0 Å². The molecule has 3 aliphatic rings. The number of allylic oxidation sites excluding steroid dienone is 5. The zero-order chi connectivity index (χ0) is 23.4. The van der Waals surface area contributed by atoms with Crippen molar-refractivity contribution in [3.05, 3.63) is 70.2 Å². The summed E-state index contributed by atoms with van der Waals surface area (Å²) in [6, 6.07) is 6.23. The van der Waals surface area contributed by atoms with Gasteiger partial charge in [0.15, 0.2) is 0 Å². The van der Waals surface area contributed by atoms with Crippen LogP contribution in [-0.4, -0.2) is 56.8 Å². The van der Waals surface area contributed by atoms with Gasteiger partial charge in [0.1, 0.15) is 29.1 Å². The summed E-state index contributed by atoms with van der Waals surface area (Å²) in [4.78, 5) is 4.74. The molecule has 1 saturated heterocycles. The van der Waals surface area contributed by atoms with Gasteiger partial charge in [0.05, 0.1) is 7.11 Å². The Morgan fingerprint density at radius 3 is 2.88 bits per heavy atom. The number of methoxy groups -OCH3 is 1. The molecule has 1 aromatic carbocycles. The van der Waals surface area contributed by atoms with Crippen LogP contribution in [0, 0.1) is 0 Å². The molecule has 2 heterocycles. The van der Waals surface area contributed by atoms with Crippen molar-refractivity contribution in [3.8, 4) is 5.75 Å². The van der Waals surface area contributed by atoms with E-state index in [0.717, 1.165) is 58.8 Å². The first-order valence-corrected chi connectivity index (χ1v) is 11.9. The van der Waals surface area contributed by atoms with E-state index in [2.05, 4.69) is 50.4 Å². The number of halogens is 1. The zero-order valence-electron chi connectivity index (χ0n) is 19.3. The quantitative estimate of drug-likeness (QED) is 0.562. The molecule has 2 aliphatic heterocycles. The summed E-state index contributed by atoms with van der Waals surface area (Å²) in [5, 5.41) is 13.0. The minimum Gasteiger partial charge on any atom is -0.494 e. The number of hydrazone groups is 1. The fraction of sp³-hybridized carbons (Fsp3) is 0.360. The molecule has 1 aromatic rings. The van der Waals surface area contributed by atoms with Crippen LogP contribution < -0.4 is 15.4 Å². The summed E-state index contributed by atoms with van der Waals surface area (Å²) in [6.45, 7) is 8.81. The van der Waals surface area contributed by atoms with Crippen molar-refractivity contribution in [2.75, 3.05) is 39.1 Å². The first-order valence-electron chi connectivity index (χ1n) is 11.1. The summed E-state index contributed by atoms with van der Waals surface area (Å²) in [7, 11) is 3.62. The van der Waals surface area contributed by atoms with Gasteiger partial charge in [-0.1, -0.05) is 28.6 Å². The van der Waals surface area contributed by atoms with E-state index >= 15 is 0 Å². The molecule has 1 aliphatic carbocycles. The minimum atomic E-state index is 0.176. The molecule has 8 heteroatoms. The van der Waals surface area contributed by atoms with Gasteiger partial charge in [-0.2, -0.15) is 5.10 Å². The van der Waals surface area contributed by atoms with Crippen molar-refractivity contribution in [1.29, 1.82) is 0 Å². The van der Waals surface area contributed by atoms with Crippen LogP contribution in [0.2, 0.25) is 0 Å². The maximum Gasteiger partial charge on any atom is 0.146 e. The third-order valence-electron chi connectivity index (χ3n) is 5.72. The predicted octanol–water partition coefficient (Wildman–Crippen LogP) is 4.54. The summed E-state index contributed by atoms with van der Waals surface area (Å²) >= 11 is 3.52. The SMILES string of the molecule is C=C(N=C1C(OC)=CC(Br)=C/C1=C/C)Nc1cc(O[C@H]2CCNC2)cc(C2C=NN(C)C2)c1. The molecule has 0 saturated carbocycles. The number of nitrogens with one attached hydrogen (secondary N) is 2. The second kappa shape index (κ2) is 10.4. The molecular formula is C25H30BrN5O2. The Morgan fingerprint density at radius 2 is 2.21 bits per heavy atom. The monoisotopic (exact) mass is 511 g/mol. The number of aliphatic imine (C=N–C) groups is 1. The van der Waals surface area contributed by atoms with Crippen LogP contribution in [0.3, 0.4) is 0 Å². The van der Waals surface area contributed by atoms with Gasteiger partial charge >= 0.3 is 0 Å². The Hall–Kier alpha value is -2.84. The first-order chi connectivity index (χ1) is 15.9. The van der Waals surface area contributed by atoms with Gasteiger partial charge in [-0.3, -0.25) is 5.01 Å². The van der Waals surface area contributed by atoms with Crippen molar-refractivity contribution in [2.45, 2.75) is 25.4 Å². The first kappa shape index (κ1) is 23.3. The highest BCUT2D eigenvalue weighted by molar-refractivity contribution is 9.11. The summed E-state index contributed by atoms with van der Waals surface area (Å²) in [5.41, 5.74) is 3.71. The van der Waals surface area contributed by atoms with Crippen LogP contribution in [0.25, 0.3) is 0 Å². The zero-order valence-corrected chi connectivity index (χ0v) is 20.9. The Kier molecular flexibility index (Phi) is 7.35. The van der Waals surface area contributed by atoms with Crippen LogP contribution in [0.1, 0.15) is 24.8 Å². The molecule has 0 aromatic heterocycles. The van der Waals surface area contributed by atoms with Gasteiger partial charge in [0.2, 0.25) is 0 Å². The molecule has 2 N–H and O–H groups in total. The van der Waals surface area contributed by atoms with Crippen molar-refractivity contribution >= 4 is 33.5 Å². The minimum absolute atomic E-state index is 0.176. The lowest BCUT2D eigenvalue weighted by Crippen LogP contribution is -2.20. The Bertz CT molecular complexity index is 1070. The van der Waals surface area contributed by atoms with Gasteiger partial charge < -0.3 is 20.1 Å². The molecule has 7 nitrogen and oxygen atoms in total. The van der Waals surface area contributed by atoms with E-state index in [9.17, 15) is 0 Å². The number of hydrogen-bond acceptors (Lipinski definition) is 7. The van der Waals surface area contributed by atoms with Crippen LogP contribution in [0.5, 0.6) is 5.75 Å². The average molecular weight is 512 g/mol. The van der Waals surface area contributed by atoms with Crippen LogP contribution in [0.15, 0.2) is 74.7 Å². The molecule has 33 heavy (non-hydrogen) atoms. The molecule has 174 valence electrons. The normalized spacial score (nSPS) is 24.8. The van der Waals surface area contributed by atoms with Crippen LogP contribution in [0.4, 0.5) is 5.69 Å². The maximum atomic E-state index is 6.28. The maximum absolute atomic E-state index is 6.28. The summed E-state index contributed by atoms with van der Waals surface area (Å²) in [6.07, 6.45) is 9.06. The number of anilines is 1. The molecule has 0 spiro atoms. The molecular weight excluding hydrogens is 482 g/mol. The predicted molar refractivity (Wildman–Crippen MR) is 138 cm³/mol. The van der Waals surface area contributed by atoms with Crippen molar-refractivity contribution in [3.63, 3.8) is 0 Å². The highest BCUT2D eigenvalue weighted by atomic mass is 79.9. The van der Waals surface area contributed by atoms with E-state index in [0.29, 0.717) is 11.6 Å². The molecule has 1 unspecified atom stereocenters. The number of benzene rings is 1. The van der Waals surface area contributed by atoms with Gasteiger partial charge in [0, 0.05) is 54.1 Å². The number of nitrogens with zero attached hydrogens (tertiary/aromatic N) is 3. The van der Waals surface area contributed by atoms with Crippen molar-refractivity contribution in [1.82, 2.24) is 10.3 Å². The fourth-order valence-corrected chi connectivity index (χ4v) is 4.54. The standard InChI is InChI=1S/C25H30BrN5O2/c1-5-17-8-20(26)11-24(32-4)25(17)30-16(2)29-21-9-18(19-13-28-31(3)15-19)10-23(12-21)33-22-6-7-27-14-22/h5,8-13,19,22,27,29H,2,6-7,14-15H2,1,3-4H3/b17-5-,30-25?/t19?,22-/m0/s1. The van der Waals surface area contributed by atoms with E-state index in [1.54, 1.807) is 7.11 Å². The van der Waals surface area contributed by atoms with E-state index in [-0.39, 0.29) is 12.0 Å². The van der Waals surface area contributed by atoms with E-state index in [4.69, 9.17) is 14.5 Å². The Labute approximate surface area is 203 Å². The molecule has 0 radical (unpaired) electrons. The van der Waals surface area contributed by atoms with Crippen LogP contribution in [-0.2, 0) is 4.74 Å². The van der Waals surface area contributed by atoms with Crippen molar-refractivity contribution < 1.29 is 9.47 Å². The van der Waals surface area contributed by atoms with Crippen LogP contribution >= 0.6 is 15.9 Å². The molecule has 0 bridgehead atoms. The van der Waals surface area contributed by atoms with Gasteiger partial charge in [-0.05, 0) is 49.7 Å². The second-order valence-corrected chi connectivity index (χ2v) is 9.17. The number of hydrogen-bond donors (Lipinski definition) is 2. The Balaban J connectivity index is 1.59. The smallest absolute Gasteiger partial charge is 0.146 e. The van der Waals surface area contributed by atoms with E-state index in [1.807, 2.05) is 49.5 Å². The number of likely N-dealkylation sites (N-methyl/N-ethyl adjacent to an activating group) is 1. The average Bonchev–Trinajstić information content (AvgIpc) is 3.46. The van der Waals surface area contributed by atoms with Gasteiger partial charge in [0.25, 0.3) is 0 Å². The molecule has 2 atom stereocenters. The lowest BCUT2D eigenvalue weighted by atomic mass is 10.00. The lowest BCUT2D eigenvalue weighted by Gasteiger charge is -2.19. The fourth-order valence-electron chi connectivity index (χ4n) is 4.08. The third-order valence-corrected chi connectivity index (χ3v) is 6.17. The molecule has 4 rings (SSSR count). The van der Waals surface area contributed by atoms with Gasteiger partial charge in [-0.25, -0.2) is 4.99 Å². The highest BCUT2D eigenvalue weighted by Gasteiger charge is 2.21. The lowest BCUT2D eigenvalue weighted by molar-refractivity contribution is 0.223. The summed E-state index contributed by atoms with van der Waals surface area (Å²) in [5.74, 6) is 2.24. The second-order valence-electron chi connectivity index (χ2n) is 8.25.